The molecule has 174 valence electrons. The first kappa shape index (κ1) is 23.3. The summed E-state index contributed by atoms with van der Waals surface area (Å²) in [5, 5.41) is 10.7. The molecule has 0 aliphatic carbocycles. The number of nitrogens with one attached hydrogen (secondary N) is 1. The minimum Gasteiger partial charge on any atom is -0.478 e. The Morgan fingerprint density at radius 2 is 1.44 bits per heavy atom. The van der Waals surface area contributed by atoms with E-state index >= 15 is 0 Å². The standard InChI is InChI=1S/C27H26N2O4S/c1-29(2)25-13-5-12-24-23(25)11-6-14-26(24)34(32,33)28-22-10-4-8-20(18-22)16-15-19-7-3-9-21(17-19)27(30)31/h3-14,17-18,28H,15-16H2,1-2H3,(H,30,31). The van der Waals surface area contributed by atoms with Crippen LogP contribution in [-0.2, 0) is 22.9 Å². The molecule has 0 aromatic heterocycles. The molecule has 0 unspecified atom stereocenters. The van der Waals surface area contributed by atoms with Gasteiger partial charge in [-0.25, -0.2) is 13.2 Å². The first-order chi connectivity index (χ1) is 16.2. The van der Waals surface area contributed by atoms with Crippen LogP contribution in [0.25, 0.3) is 10.8 Å². The van der Waals surface area contributed by atoms with Crippen LogP contribution in [0.1, 0.15) is 21.5 Å². The smallest absolute Gasteiger partial charge is 0.335 e. The Morgan fingerprint density at radius 1 is 0.824 bits per heavy atom. The second-order valence-corrected chi connectivity index (χ2v) is 9.99. The van der Waals surface area contributed by atoms with E-state index < -0.39 is 16.0 Å². The van der Waals surface area contributed by atoms with E-state index in [2.05, 4.69) is 4.72 Å². The van der Waals surface area contributed by atoms with Gasteiger partial charge in [0.05, 0.1) is 10.5 Å². The molecule has 0 aliphatic heterocycles. The van der Waals surface area contributed by atoms with Crippen LogP contribution in [0.4, 0.5) is 11.4 Å². The van der Waals surface area contributed by atoms with Crippen molar-refractivity contribution in [2.45, 2.75) is 17.7 Å². The third-order valence-corrected chi connectivity index (χ3v) is 7.13. The van der Waals surface area contributed by atoms with E-state index in [0.717, 1.165) is 22.2 Å². The number of hydrogen-bond donors (Lipinski definition) is 2. The molecule has 4 rings (SSSR count). The molecule has 0 fully saturated rings. The van der Waals surface area contributed by atoms with Crippen LogP contribution >= 0.6 is 0 Å². The topological polar surface area (TPSA) is 86.7 Å². The van der Waals surface area contributed by atoms with Gasteiger partial charge in [-0.1, -0.05) is 48.5 Å². The predicted octanol–water partition coefficient (Wildman–Crippen LogP) is 5.19. The number of hydrogen-bond acceptors (Lipinski definition) is 4. The van der Waals surface area contributed by atoms with Crippen LogP contribution < -0.4 is 9.62 Å². The number of carboxylic acids is 1. The van der Waals surface area contributed by atoms with E-state index in [1.807, 2.05) is 67.5 Å². The van der Waals surface area contributed by atoms with Crippen LogP contribution in [-0.4, -0.2) is 33.6 Å². The van der Waals surface area contributed by atoms with Gasteiger partial charge in [-0.3, -0.25) is 4.72 Å². The van der Waals surface area contributed by atoms with Gasteiger partial charge in [0.25, 0.3) is 10.0 Å². The quantitative estimate of drug-likeness (QED) is 0.367. The largest absolute Gasteiger partial charge is 0.478 e. The first-order valence-electron chi connectivity index (χ1n) is 10.9. The highest BCUT2D eigenvalue weighted by Gasteiger charge is 2.19. The maximum absolute atomic E-state index is 13.3. The van der Waals surface area contributed by atoms with Crippen LogP contribution in [0, 0.1) is 0 Å². The first-order valence-corrected chi connectivity index (χ1v) is 12.4. The highest BCUT2D eigenvalue weighted by molar-refractivity contribution is 7.93. The van der Waals surface area contributed by atoms with Crippen LogP contribution in [0.3, 0.4) is 0 Å². The lowest BCUT2D eigenvalue weighted by Gasteiger charge is -2.17. The van der Waals surface area contributed by atoms with Gasteiger partial charge in [-0.15, -0.1) is 0 Å². The molecule has 6 nitrogen and oxygen atoms in total. The zero-order valence-corrected chi connectivity index (χ0v) is 19.8. The molecule has 2 N–H and O–H groups in total. The number of benzene rings is 4. The second-order valence-electron chi connectivity index (χ2n) is 8.33. The molecular weight excluding hydrogens is 448 g/mol. The van der Waals surface area contributed by atoms with E-state index in [4.69, 9.17) is 0 Å². The van der Waals surface area contributed by atoms with E-state index in [9.17, 15) is 18.3 Å². The van der Waals surface area contributed by atoms with E-state index in [1.54, 1.807) is 36.4 Å². The average Bonchev–Trinajstić information content (AvgIpc) is 2.82. The second kappa shape index (κ2) is 9.57. The fraction of sp³-hybridized carbons (Fsp3) is 0.148. The summed E-state index contributed by atoms with van der Waals surface area (Å²) in [6.45, 7) is 0. The minimum atomic E-state index is -3.82. The van der Waals surface area contributed by atoms with Crippen LogP contribution in [0.15, 0.2) is 89.8 Å². The molecule has 0 radical (unpaired) electrons. The Bertz CT molecular complexity index is 1460. The molecular formula is C27H26N2O4S. The molecule has 0 aliphatic rings. The van der Waals surface area contributed by atoms with Gasteiger partial charge in [-0.2, -0.15) is 0 Å². The number of aromatic carboxylic acids is 1. The number of carbonyl (C=O) groups is 1. The number of nitrogens with zero attached hydrogens (tertiary/aromatic N) is 1. The lowest BCUT2D eigenvalue weighted by atomic mass is 10.0. The van der Waals surface area contributed by atoms with Gasteiger partial charge in [0.2, 0.25) is 0 Å². The van der Waals surface area contributed by atoms with Crippen molar-refractivity contribution < 1.29 is 18.3 Å². The van der Waals surface area contributed by atoms with Crippen molar-refractivity contribution in [3.8, 4) is 0 Å². The number of rotatable bonds is 8. The lowest BCUT2D eigenvalue weighted by Crippen LogP contribution is -2.14. The molecule has 0 bridgehead atoms. The van der Waals surface area contributed by atoms with Crippen molar-refractivity contribution in [3.63, 3.8) is 0 Å². The highest BCUT2D eigenvalue weighted by Crippen LogP contribution is 2.31. The summed E-state index contributed by atoms with van der Waals surface area (Å²) in [5.74, 6) is -0.954. The van der Waals surface area contributed by atoms with Crippen molar-refractivity contribution >= 4 is 38.1 Å². The van der Waals surface area contributed by atoms with E-state index in [-0.39, 0.29) is 10.5 Å². The third kappa shape index (κ3) is 5.05. The SMILES string of the molecule is CN(C)c1cccc2c(S(=O)(=O)Nc3cccc(CCc4cccc(C(=O)O)c4)c3)cccc12. The summed E-state index contributed by atoms with van der Waals surface area (Å²) in [6.07, 6.45) is 1.30. The lowest BCUT2D eigenvalue weighted by molar-refractivity contribution is 0.0696. The van der Waals surface area contributed by atoms with E-state index in [0.29, 0.717) is 23.9 Å². The molecule has 0 atom stereocenters. The molecule has 0 saturated carbocycles. The summed E-state index contributed by atoms with van der Waals surface area (Å²) >= 11 is 0. The Balaban J connectivity index is 1.57. The molecule has 0 heterocycles. The van der Waals surface area contributed by atoms with E-state index in [1.165, 1.54) is 0 Å². The molecule has 34 heavy (non-hydrogen) atoms. The molecule has 0 amide bonds. The fourth-order valence-corrected chi connectivity index (χ4v) is 5.31. The Labute approximate surface area is 199 Å². The number of aryl methyl sites for hydroxylation is 2. The monoisotopic (exact) mass is 474 g/mol. The van der Waals surface area contributed by atoms with Gasteiger partial charge in [0, 0.05) is 36.2 Å². The summed E-state index contributed by atoms with van der Waals surface area (Å²) in [7, 11) is 0.0412. The normalized spacial score (nSPS) is 11.4. The predicted molar refractivity (Wildman–Crippen MR) is 136 cm³/mol. The van der Waals surface area contributed by atoms with Gasteiger partial charge in [0.15, 0.2) is 0 Å². The molecule has 0 spiro atoms. The van der Waals surface area contributed by atoms with Crippen molar-refractivity contribution in [2.24, 2.45) is 0 Å². The molecule has 7 heteroatoms. The summed E-state index contributed by atoms with van der Waals surface area (Å²) in [6, 6.07) is 25.1. The number of anilines is 2. The van der Waals surface area contributed by atoms with Crippen molar-refractivity contribution in [2.75, 3.05) is 23.7 Å². The summed E-state index contributed by atoms with van der Waals surface area (Å²) in [4.78, 5) is 13.4. The number of sulfonamides is 1. The van der Waals surface area contributed by atoms with Crippen molar-refractivity contribution in [1.29, 1.82) is 0 Å². The third-order valence-electron chi connectivity index (χ3n) is 5.69. The maximum Gasteiger partial charge on any atom is 0.335 e. The van der Waals surface area contributed by atoms with Gasteiger partial charge in [-0.05, 0) is 60.4 Å². The highest BCUT2D eigenvalue weighted by atomic mass is 32.2. The maximum atomic E-state index is 13.3. The van der Waals surface area contributed by atoms with Crippen LogP contribution in [0.5, 0.6) is 0 Å². The average molecular weight is 475 g/mol. The van der Waals surface area contributed by atoms with Crippen LogP contribution in [0.2, 0.25) is 0 Å². The Morgan fingerprint density at radius 3 is 2.15 bits per heavy atom. The fourth-order valence-electron chi connectivity index (χ4n) is 4.04. The zero-order chi connectivity index (χ0) is 24.3. The van der Waals surface area contributed by atoms with Crippen molar-refractivity contribution in [3.05, 3.63) is 102 Å². The van der Waals surface area contributed by atoms with Gasteiger partial charge < -0.3 is 10.0 Å². The minimum absolute atomic E-state index is 0.226. The molecule has 4 aromatic rings. The number of fused-ring (bicyclic) bond motifs is 1. The van der Waals surface area contributed by atoms with Crippen molar-refractivity contribution in [1.82, 2.24) is 0 Å². The van der Waals surface area contributed by atoms with Gasteiger partial charge >= 0.3 is 5.97 Å². The summed E-state index contributed by atoms with van der Waals surface area (Å²) < 4.78 is 29.3. The molecule has 0 saturated heterocycles. The Hall–Kier alpha value is -3.84. The zero-order valence-electron chi connectivity index (χ0n) is 19.0. The number of carboxylic acid groups (broad SMARTS) is 1. The molecule has 4 aromatic carbocycles. The Kier molecular flexibility index (Phi) is 6.56. The van der Waals surface area contributed by atoms with Gasteiger partial charge in [0.1, 0.15) is 0 Å². The summed E-state index contributed by atoms with van der Waals surface area (Å²) in [5.41, 5.74) is 3.56.